The van der Waals surface area contributed by atoms with E-state index in [2.05, 4.69) is 21.9 Å². The molecule has 0 saturated carbocycles. The van der Waals surface area contributed by atoms with Crippen LogP contribution in [0.3, 0.4) is 0 Å². The lowest BCUT2D eigenvalue weighted by Crippen LogP contribution is -2.44. The average molecular weight is 380 g/mol. The molecule has 4 rings (SSSR count). The number of fused-ring (bicyclic) bond motifs is 2. The number of hydrogen-bond donors (Lipinski definition) is 1. The van der Waals surface area contributed by atoms with E-state index in [0.717, 1.165) is 25.7 Å². The van der Waals surface area contributed by atoms with E-state index in [1.807, 2.05) is 23.1 Å². The first-order valence-corrected chi connectivity index (χ1v) is 9.60. The summed E-state index contributed by atoms with van der Waals surface area (Å²) in [6.45, 7) is 0.0571. The summed E-state index contributed by atoms with van der Waals surface area (Å²) in [6.07, 6.45) is 4.77. The third-order valence-electron chi connectivity index (χ3n) is 6.20. The van der Waals surface area contributed by atoms with E-state index in [0.29, 0.717) is 11.3 Å². The number of aliphatic hydroxyl groups is 1. The van der Waals surface area contributed by atoms with Crippen LogP contribution in [-0.2, 0) is 11.2 Å². The van der Waals surface area contributed by atoms with Crippen molar-refractivity contribution in [2.75, 3.05) is 13.7 Å². The number of ether oxygens (including phenoxy) is 1. The van der Waals surface area contributed by atoms with Crippen LogP contribution < -0.4 is 0 Å². The minimum absolute atomic E-state index is 0.00251. The molecule has 1 aromatic carbocycles. The molecule has 0 aliphatic carbocycles. The number of amides is 1. The number of carbonyl (C=O) groups is 2. The number of aliphatic hydroxyl groups excluding tert-OH is 1. The van der Waals surface area contributed by atoms with Gasteiger partial charge < -0.3 is 14.7 Å². The van der Waals surface area contributed by atoms with Gasteiger partial charge in [0.15, 0.2) is 0 Å². The Morgan fingerprint density at radius 1 is 1.21 bits per heavy atom. The van der Waals surface area contributed by atoms with Crippen LogP contribution in [0, 0.1) is 5.41 Å². The third kappa shape index (κ3) is 3.07. The standard InChI is InChI=1S/C22H24N2O4/c1-28-21(27)16-7-9-18(23-13-16)20(26)24-17-8-10-19(24)22(12-17,14-25)11-15-5-3-2-4-6-15/h2-7,9,13,17,19,25H,8,10-12,14H2,1H3/t17-,19+,22-/m1/s1. The maximum absolute atomic E-state index is 13.2. The van der Waals surface area contributed by atoms with Crippen LogP contribution in [0.4, 0.5) is 0 Å². The summed E-state index contributed by atoms with van der Waals surface area (Å²) in [6, 6.07) is 13.4. The fourth-order valence-corrected chi connectivity index (χ4v) is 4.91. The van der Waals surface area contributed by atoms with Gasteiger partial charge in [-0.25, -0.2) is 4.79 Å². The summed E-state index contributed by atoms with van der Waals surface area (Å²) in [5, 5.41) is 10.3. The molecule has 3 atom stereocenters. The summed E-state index contributed by atoms with van der Waals surface area (Å²) in [5.41, 5.74) is 1.50. The highest BCUT2D eigenvalue weighted by Crippen LogP contribution is 2.51. The highest BCUT2D eigenvalue weighted by atomic mass is 16.5. The number of aromatic nitrogens is 1. The number of carbonyl (C=O) groups excluding carboxylic acids is 2. The molecule has 0 radical (unpaired) electrons. The summed E-state index contributed by atoms with van der Waals surface area (Å²) in [5.74, 6) is -0.609. The van der Waals surface area contributed by atoms with E-state index in [1.165, 1.54) is 18.9 Å². The average Bonchev–Trinajstić information content (AvgIpc) is 3.29. The Balaban J connectivity index is 1.57. The molecule has 2 aromatic rings. The molecule has 2 aliphatic rings. The van der Waals surface area contributed by atoms with E-state index >= 15 is 0 Å². The van der Waals surface area contributed by atoms with Crippen LogP contribution in [0.2, 0.25) is 0 Å². The normalized spacial score (nSPS) is 25.7. The molecule has 1 aromatic heterocycles. The van der Waals surface area contributed by atoms with Crippen LogP contribution in [0.25, 0.3) is 0 Å². The van der Waals surface area contributed by atoms with Crippen LogP contribution in [0.5, 0.6) is 0 Å². The number of esters is 1. The number of pyridine rings is 1. The van der Waals surface area contributed by atoms with Crippen molar-refractivity contribution in [3.05, 3.63) is 65.5 Å². The van der Waals surface area contributed by atoms with E-state index in [4.69, 9.17) is 0 Å². The molecule has 6 nitrogen and oxygen atoms in total. The molecule has 6 heteroatoms. The molecule has 3 heterocycles. The Morgan fingerprint density at radius 3 is 2.64 bits per heavy atom. The van der Waals surface area contributed by atoms with Crippen molar-refractivity contribution >= 4 is 11.9 Å². The second-order valence-corrected chi connectivity index (χ2v) is 7.77. The van der Waals surface area contributed by atoms with Gasteiger partial charge in [0.2, 0.25) is 0 Å². The largest absolute Gasteiger partial charge is 0.465 e. The monoisotopic (exact) mass is 380 g/mol. The van der Waals surface area contributed by atoms with Gasteiger partial charge >= 0.3 is 5.97 Å². The van der Waals surface area contributed by atoms with E-state index in [1.54, 1.807) is 12.1 Å². The predicted octanol–water partition coefficient (Wildman–Crippen LogP) is 2.47. The highest BCUT2D eigenvalue weighted by molar-refractivity contribution is 5.95. The number of methoxy groups -OCH3 is 1. The lowest BCUT2D eigenvalue weighted by Gasteiger charge is -2.36. The van der Waals surface area contributed by atoms with Crippen LogP contribution >= 0.6 is 0 Å². The number of hydrogen-bond acceptors (Lipinski definition) is 5. The molecule has 2 fully saturated rings. The highest BCUT2D eigenvalue weighted by Gasteiger charge is 2.57. The van der Waals surface area contributed by atoms with Crippen molar-refractivity contribution in [3.63, 3.8) is 0 Å². The first-order valence-electron chi connectivity index (χ1n) is 9.60. The smallest absolute Gasteiger partial charge is 0.339 e. The van der Waals surface area contributed by atoms with Crippen molar-refractivity contribution in [1.29, 1.82) is 0 Å². The molecule has 1 amide bonds. The van der Waals surface area contributed by atoms with E-state index < -0.39 is 5.97 Å². The van der Waals surface area contributed by atoms with Gasteiger partial charge in [0.1, 0.15) is 5.69 Å². The lowest BCUT2D eigenvalue weighted by atomic mass is 9.70. The molecule has 146 valence electrons. The molecule has 2 bridgehead atoms. The maximum Gasteiger partial charge on any atom is 0.339 e. The lowest BCUT2D eigenvalue weighted by molar-refractivity contribution is 0.0562. The maximum atomic E-state index is 13.2. The molecule has 1 N–H and O–H groups in total. The van der Waals surface area contributed by atoms with Gasteiger partial charge in [-0.05, 0) is 43.4 Å². The van der Waals surface area contributed by atoms with E-state index in [-0.39, 0.29) is 30.0 Å². The van der Waals surface area contributed by atoms with Gasteiger partial charge in [-0.1, -0.05) is 30.3 Å². The quantitative estimate of drug-likeness (QED) is 0.806. The second kappa shape index (κ2) is 7.36. The molecule has 28 heavy (non-hydrogen) atoms. The van der Waals surface area contributed by atoms with Crippen LogP contribution in [-0.4, -0.2) is 52.7 Å². The summed E-state index contributed by atoms with van der Waals surface area (Å²) in [7, 11) is 1.31. The second-order valence-electron chi connectivity index (χ2n) is 7.77. The minimum Gasteiger partial charge on any atom is -0.465 e. The van der Waals surface area contributed by atoms with E-state index in [9.17, 15) is 14.7 Å². The zero-order valence-corrected chi connectivity index (χ0v) is 15.9. The first-order chi connectivity index (χ1) is 13.6. The zero-order valence-electron chi connectivity index (χ0n) is 15.9. The summed E-state index contributed by atoms with van der Waals surface area (Å²) >= 11 is 0. The minimum atomic E-state index is -0.477. The molecular weight excluding hydrogens is 356 g/mol. The van der Waals surface area contributed by atoms with Crippen molar-refractivity contribution < 1.29 is 19.4 Å². The SMILES string of the molecule is COC(=O)c1ccc(C(=O)N2[C@@H]3CC[C@H]2[C@](CO)(Cc2ccccc2)C3)nc1. The van der Waals surface area contributed by atoms with Gasteiger partial charge in [0.25, 0.3) is 5.91 Å². The van der Waals surface area contributed by atoms with Crippen molar-refractivity contribution in [3.8, 4) is 0 Å². The van der Waals surface area contributed by atoms with Gasteiger partial charge in [-0.15, -0.1) is 0 Å². The Bertz CT molecular complexity index is 868. The Labute approximate surface area is 164 Å². The molecular formula is C22H24N2O4. The number of rotatable bonds is 5. The molecule has 0 unspecified atom stereocenters. The zero-order chi connectivity index (χ0) is 19.7. The Morgan fingerprint density at radius 2 is 2.00 bits per heavy atom. The molecule has 2 aliphatic heterocycles. The van der Waals surface area contributed by atoms with Gasteiger partial charge in [0.05, 0.1) is 19.3 Å². The van der Waals surface area contributed by atoms with Crippen molar-refractivity contribution in [2.45, 2.75) is 37.8 Å². The van der Waals surface area contributed by atoms with Crippen molar-refractivity contribution in [2.24, 2.45) is 5.41 Å². The fourth-order valence-electron chi connectivity index (χ4n) is 4.91. The third-order valence-corrected chi connectivity index (χ3v) is 6.20. The fraction of sp³-hybridized carbons (Fsp3) is 0.409. The predicted molar refractivity (Wildman–Crippen MR) is 103 cm³/mol. The van der Waals surface area contributed by atoms with Crippen molar-refractivity contribution in [1.82, 2.24) is 9.88 Å². The topological polar surface area (TPSA) is 79.7 Å². The Kier molecular flexibility index (Phi) is 4.89. The van der Waals surface area contributed by atoms with Crippen LogP contribution in [0.15, 0.2) is 48.7 Å². The number of nitrogens with zero attached hydrogens (tertiary/aromatic N) is 2. The van der Waals surface area contributed by atoms with Gasteiger partial charge in [-0.2, -0.15) is 0 Å². The molecule has 2 saturated heterocycles. The van der Waals surface area contributed by atoms with Gasteiger partial charge in [-0.3, -0.25) is 9.78 Å². The Hall–Kier alpha value is -2.73. The van der Waals surface area contributed by atoms with Crippen LogP contribution in [0.1, 0.15) is 45.7 Å². The first kappa shape index (κ1) is 18.6. The number of benzene rings is 1. The summed E-state index contributed by atoms with van der Waals surface area (Å²) < 4.78 is 4.68. The molecule has 0 spiro atoms. The summed E-state index contributed by atoms with van der Waals surface area (Å²) in [4.78, 5) is 30.9. The van der Waals surface area contributed by atoms with Gasteiger partial charge in [0, 0.05) is 23.7 Å².